The van der Waals surface area contributed by atoms with Crippen molar-refractivity contribution in [2.45, 2.75) is 46.0 Å². The van der Waals surface area contributed by atoms with E-state index in [0.29, 0.717) is 11.4 Å². The van der Waals surface area contributed by atoms with Crippen LogP contribution in [-0.2, 0) is 4.79 Å². The topological polar surface area (TPSA) is 32.3 Å². The normalized spacial score (nSPS) is 21.0. The first-order valence-corrected chi connectivity index (χ1v) is 9.31. The highest BCUT2D eigenvalue weighted by Crippen LogP contribution is 2.38. The summed E-state index contributed by atoms with van der Waals surface area (Å²) in [6, 6.07) is 7.74. The molecule has 25 heavy (non-hydrogen) atoms. The number of piperidine rings is 1. The lowest BCUT2D eigenvalue weighted by Gasteiger charge is -2.35. The number of hydrogen-bond acceptors (Lipinski definition) is 3. The van der Waals surface area contributed by atoms with Crippen LogP contribution in [0.2, 0.25) is 5.02 Å². The number of para-hydroxylation sites is 1. The number of nitrogens with one attached hydrogen (secondary N) is 1. The lowest BCUT2D eigenvalue weighted by atomic mass is 9.75. The summed E-state index contributed by atoms with van der Waals surface area (Å²) in [5.74, 6) is 0.284. The molecule has 0 amide bonds. The second kappa shape index (κ2) is 8.57. The standard InChI is InChI=1S/C20H27ClN2O.ClH/c1-20(2)12-18(22-17-9-5-4-8-16(17)21)15(19(24)13-20)14-23-10-6-3-7-11-23;/h4-5,8-9,22H,3,6-7,10-14H2,1-2H3;1H. The van der Waals surface area contributed by atoms with Crippen molar-refractivity contribution in [2.75, 3.05) is 25.0 Å². The Balaban J connectivity index is 0.00000225. The van der Waals surface area contributed by atoms with Crippen molar-refractivity contribution in [1.82, 2.24) is 4.90 Å². The summed E-state index contributed by atoms with van der Waals surface area (Å²) in [5.41, 5.74) is 2.88. The van der Waals surface area contributed by atoms with Crippen LogP contribution in [-0.4, -0.2) is 30.3 Å². The number of rotatable bonds is 4. The van der Waals surface area contributed by atoms with Crippen molar-refractivity contribution < 1.29 is 4.79 Å². The van der Waals surface area contributed by atoms with Gasteiger partial charge in [-0.15, -0.1) is 12.4 Å². The maximum absolute atomic E-state index is 12.8. The molecular weight excluding hydrogens is 355 g/mol. The molecule has 0 spiro atoms. The Bertz CT molecular complexity index is 649. The van der Waals surface area contributed by atoms with Gasteiger partial charge in [-0.25, -0.2) is 0 Å². The monoisotopic (exact) mass is 382 g/mol. The number of likely N-dealkylation sites (tertiary alicyclic amines) is 1. The fraction of sp³-hybridized carbons (Fsp3) is 0.550. The number of anilines is 1. The molecule has 0 atom stereocenters. The van der Waals surface area contributed by atoms with Crippen molar-refractivity contribution in [3.05, 3.63) is 40.6 Å². The van der Waals surface area contributed by atoms with Crippen LogP contribution in [0.1, 0.15) is 46.0 Å². The summed E-state index contributed by atoms with van der Waals surface area (Å²) in [6.45, 7) is 7.29. The van der Waals surface area contributed by atoms with Gasteiger partial charge in [-0.1, -0.05) is 44.0 Å². The summed E-state index contributed by atoms with van der Waals surface area (Å²) in [6.07, 6.45) is 5.29. The predicted molar refractivity (Wildman–Crippen MR) is 108 cm³/mol. The van der Waals surface area contributed by atoms with Crippen molar-refractivity contribution in [2.24, 2.45) is 5.41 Å². The van der Waals surface area contributed by atoms with E-state index < -0.39 is 0 Å². The zero-order chi connectivity index (χ0) is 17.2. The molecule has 3 nitrogen and oxygen atoms in total. The Kier molecular flexibility index (Phi) is 6.95. The minimum atomic E-state index is -0.00787. The highest BCUT2D eigenvalue weighted by molar-refractivity contribution is 6.33. The van der Waals surface area contributed by atoms with Crippen LogP contribution in [0.4, 0.5) is 5.69 Å². The summed E-state index contributed by atoms with van der Waals surface area (Å²) in [7, 11) is 0. The van der Waals surface area contributed by atoms with E-state index in [1.165, 1.54) is 19.3 Å². The number of carbonyl (C=O) groups is 1. The fourth-order valence-electron chi connectivity index (χ4n) is 3.73. The third kappa shape index (κ3) is 5.22. The van der Waals surface area contributed by atoms with Gasteiger partial charge in [-0.2, -0.15) is 0 Å². The number of allylic oxidation sites excluding steroid dienone is 1. The van der Waals surface area contributed by atoms with Crippen LogP contribution in [0, 0.1) is 5.41 Å². The molecule has 5 heteroatoms. The SMILES string of the molecule is CC1(C)CC(=O)C(CN2CCCCC2)=C(Nc2ccccc2Cl)C1.Cl. The molecule has 0 radical (unpaired) electrons. The number of hydrogen-bond donors (Lipinski definition) is 1. The average molecular weight is 383 g/mol. The van der Waals surface area contributed by atoms with Gasteiger partial charge in [-0.05, 0) is 49.9 Å². The number of nitrogens with zero attached hydrogens (tertiary/aromatic N) is 1. The van der Waals surface area contributed by atoms with Crippen LogP contribution in [0.25, 0.3) is 0 Å². The zero-order valence-electron chi connectivity index (χ0n) is 15.1. The van der Waals surface area contributed by atoms with E-state index in [0.717, 1.165) is 43.0 Å². The van der Waals surface area contributed by atoms with Gasteiger partial charge in [0.2, 0.25) is 0 Å². The first-order valence-electron chi connectivity index (χ1n) is 8.94. The second-order valence-electron chi connectivity index (χ2n) is 7.84. The van der Waals surface area contributed by atoms with Gasteiger partial charge in [0.25, 0.3) is 0 Å². The van der Waals surface area contributed by atoms with Gasteiger partial charge in [0.1, 0.15) is 0 Å². The molecule has 0 aromatic heterocycles. The number of benzene rings is 1. The van der Waals surface area contributed by atoms with Crippen molar-refractivity contribution in [1.29, 1.82) is 0 Å². The Morgan fingerprint density at radius 3 is 2.48 bits per heavy atom. The van der Waals surface area contributed by atoms with E-state index in [9.17, 15) is 4.79 Å². The quantitative estimate of drug-likeness (QED) is 0.766. The molecule has 0 bridgehead atoms. The third-order valence-corrected chi connectivity index (χ3v) is 5.31. The largest absolute Gasteiger partial charge is 0.357 e. The molecular formula is C20H28Cl2N2O. The molecule has 2 aliphatic rings. The first kappa shape index (κ1) is 20.3. The molecule has 1 aromatic rings. The molecule has 1 heterocycles. The van der Waals surface area contributed by atoms with E-state index >= 15 is 0 Å². The van der Waals surface area contributed by atoms with E-state index in [1.807, 2.05) is 24.3 Å². The molecule has 3 rings (SSSR count). The summed E-state index contributed by atoms with van der Waals surface area (Å²) in [5, 5.41) is 4.17. The van der Waals surface area contributed by atoms with Crippen LogP contribution in [0.5, 0.6) is 0 Å². The average Bonchev–Trinajstić information content (AvgIpc) is 2.53. The molecule has 1 aromatic carbocycles. The minimum Gasteiger partial charge on any atom is -0.357 e. The molecule has 138 valence electrons. The van der Waals surface area contributed by atoms with Crippen LogP contribution in [0.15, 0.2) is 35.5 Å². The Morgan fingerprint density at radius 1 is 1.12 bits per heavy atom. The van der Waals surface area contributed by atoms with Gasteiger partial charge in [0, 0.05) is 24.2 Å². The number of Topliss-reactive ketones (excluding diaryl/α,β-unsaturated/α-hetero) is 1. The van der Waals surface area contributed by atoms with Crippen molar-refractivity contribution in [3.63, 3.8) is 0 Å². The maximum atomic E-state index is 12.8. The lowest BCUT2D eigenvalue weighted by molar-refractivity contribution is -0.118. The highest BCUT2D eigenvalue weighted by atomic mass is 35.5. The molecule has 1 fully saturated rings. The van der Waals surface area contributed by atoms with Gasteiger partial charge in [-0.3, -0.25) is 9.69 Å². The van der Waals surface area contributed by atoms with Crippen LogP contribution in [0.3, 0.4) is 0 Å². The fourth-order valence-corrected chi connectivity index (χ4v) is 3.91. The molecule has 0 saturated carbocycles. The summed E-state index contributed by atoms with van der Waals surface area (Å²) >= 11 is 6.31. The molecule has 0 unspecified atom stereocenters. The second-order valence-corrected chi connectivity index (χ2v) is 8.25. The Morgan fingerprint density at radius 2 is 1.80 bits per heavy atom. The third-order valence-electron chi connectivity index (χ3n) is 4.99. The number of carbonyl (C=O) groups excluding carboxylic acids is 1. The van der Waals surface area contributed by atoms with Gasteiger partial charge < -0.3 is 5.32 Å². The molecule has 1 aliphatic heterocycles. The predicted octanol–water partition coefficient (Wildman–Crippen LogP) is 5.30. The van der Waals surface area contributed by atoms with Crippen LogP contribution < -0.4 is 5.32 Å². The molecule has 1 N–H and O–H groups in total. The van der Waals surface area contributed by atoms with Gasteiger partial charge in [0.05, 0.1) is 10.7 Å². The van der Waals surface area contributed by atoms with E-state index in [-0.39, 0.29) is 23.6 Å². The Hall–Kier alpha value is -1.03. The van der Waals surface area contributed by atoms with Crippen molar-refractivity contribution >= 4 is 35.5 Å². The molecule has 1 aliphatic carbocycles. The van der Waals surface area contributed by atoms with Gasteiger partial charge >= 0.3 is 0 Å². The maximum Gasteiger partial charge on any atom is 0.162 e. The minimum absolute atomic E-state index is 0. The molecule has 1 saturated heterocycles. The van der Waals surface area contributed by atoms with E-state index in [4.69, 9.17) is 11.6 Å². The van der Waals surface area contributed by atoms with E-state index in [2.05, 4.69) is 24.1 Å². The number of ketones is 1. The summed E-state index contributed by atoms with van der Waals surface area (Å²) < 4.78 is 0. The summed E-state index contributed by atoms with van der Waals surface area (Å²) in [4.78, 5) is 15.2. The van der Waals surface area contributed by atoms with Gasteiger partial charge in [0.15, 0.2) is 5.78 Å². The lowest BCUT2D eigenvalue weighted by Crippen LogP contribution is -2.37. The Labute approximate surface area is 162 Å². The first-order chi connectivity index (χ1) is 11.4. The van der Waals surface area contributed by atoms with E-state index in [1.54, 1.807) is 0 Å². The smallest absolute Gasteiger partial charge is 0.162 e. The highest BCUT2D eigenvalue weighted by Gasteiger charge is 2.33. The zero-order valence-corrected chi connectivity index (χ0v) is 16.7. The van der Waals surface area contributed by atoms with Crippen LogP contribution >= 0.6 is 24.0 Å². The van der Waals surface area contributed by atoms with Crippen molar-refractivity contribution in [3.8, 4) is 0 Å². The number of halogens is 2.